The first-order chi connectivity index (χ1) is 14.3. The molecule has 146 valence electrons. The van der Waals surface area contributed by atoms with Crippen LogP contribution in [0, 0.1) is 0 Å². The second-order valence-corrected chi connectivity index (χ2v) is 7.10. The number of hydrogen-bond donors (Lipinski definition) is 2. The molecule has 0 bridgehead atoms. The van der Waals surface area contributed by atoms with Gasteiger partial charge in [0.1, 0.15) is 5.58 Å². The molecule has 2 N–H and O–H groups in total. The molecule has 0 saturated heterocycles. The van der Waals surface area contributed by atoms with Crippen LogP contribution in [-0.4, -0.2) is 18.5 Å². The quantitative estimate of drug-likeness (QED) is 0.468. The zero-order chi connectivity index (χ0) is 19.9. The molecule has 0 radical (unpaired) electrons. The third-order valence-corrected chi connectivity index (χ3v) is 5.01. The Hall–Kier alpha value is -3.37. The minimum atomic E-state index is -0.0865. The molecule has 1 aromatic heterocycles. The van der Waals surface area contributed by atoms with E-state index < -0.39 is 0 Å². The molecule has 0 aliphatic carbocycles. The second kappa shape index (κ2) is 9.22. The zero-order valence-electron chi connectivity index (χ0n) is 16.2. The summed E-state index contributed by atoms with van der Waals surface area (Å²) in [5.74, 6) is -0.0865. The number of carbonyl (C=O) groups excluding carboxylic acids is 1. The Morgan fingerprint density at radius 2 is 1.55 bits per heavy atom. The number of carbonyl (C=O) groups is 1. The van der Waals surface area contributed by atoms with E-state index in [1.54, 1.807) is 6.26 Å². The Morgan fingerprint density at radius 3 is 2.31 bits per heavy atom. The van der Waals surface area contributed by atoms with Crippen LogP contribution in [0.4, 0.5) is 0 Å². The van der Waals surface area contributed by atoms with Gasteiger partial charge in [0.15, 0.2) is 0 Å². The molecular weight excluding hydrogens is 360 g/mol. The summed E-state index contributed by atoms with van der Waals surface area (Å²) in [7, 11) is 0. The fourth-order valence-electron chi connectivity index (χ4n) is 3.48. The lowest BCUT2D eigenvalue weighted by atomic mass is 10.0. The van der Waals surface area contributed by atoms with Crippen LogP contribution in [0.1, 0.15) is 21.5 Å². The van der Waals surface area contributed by atoms with Gasteiger partial charge < -0.3 is 15.1 Å². The molecule has 29 heavy (non-hydrogen) atoms. The highest BCUT2D eigenvalue weighted by Gasteiger charge is 2.15. The Morgan fingerprint density at radius 1 is 0.828 bits per heavy atom. The van der Waals surface area contributed by atoms with Crippen molar-refractivity contribution in [1.82, 2.24) is 10.6 Å². The first-order valence-corrected chi connectivity index (χ1v) is 9.85. The highest BCUT2D eigenvalue weighted by molar-refractivity contribution is 6.05. The number of nitrogens with one attached hydrogen (secondary N) is 2. The molecule has 0 spiro atoms. The average molecular weight is 384 g/mol. The van der Waals surface area contributed by atoms with Gasteiger partial charge in [-0.15, -0.1) is 0 Å². The van der Waals surface area contributed by atoms with Gasteiger partial charge in [-0.3, -0.25) is 4.79 Å². The molecule has 0 saturated carbocycles. The Kier molecular flexibility index (Phi) is 6.03. The van der Waals surface area contributed by atoms with Gasteiger partial charge >= 0.3 is 0 Å². The molecule has 1 unspecified atom stereocenters. The van der Waals surface area contributed by atoms with Crippen molar-refractivity contribution in [2.75, 3.05) is 6.54 Å². The maximum absolute atomic E-state index is 12.8. The number of furan rings is 1. The monoisotopic (exact) mass is 384 g/mol. The number of amides is 1. The van der Waals surface area contributed by atoms with Crippen molar-refractivity contribution in [2.24, 2.45) is 0 Å². The van der Waals surface area contributed by atoms with Gasteiger partial charge in [0, 0.05) is 24.5 Å². The first kappa shape index (κ1) is 19.0. The largest absolute Gasteiger partial charge is 0.464 e. The molecule has 4 nitrogen and oxygen atoms in total. The molecule has 3 aromatic carbocycles. The van der Waals surface area contributed by atoms with E-state index in [1.807, 2.05) is 60.7 Å². The summed E-state index contributed by atoms with van der Waals surface area (Å²) < 4.78 is 5.41. The Labute approximate surface area is 170 Å². The fraction of sp³-hybridized carbons (Fsp3) is 0.160. The lowest BCUT2D eigenvalue weighted by molar-refractivity contribution is 0.0951. The van der Waals surface area contributed by atoms with Crippen LogP contribution < -0.4 is 10.6 Å². The summed E-state index contributed by atoms with van der Waals surface area (Å²) in [4.78, 5) is 12.8. The number of hydrogen-bond acceptors (Lipinski definition) is 3. The van der Waals surface area contributed by atoms with Crippen LogP contribution >= 0.6 is 0 Å². The van der Waals surface area contributed by atoms with Crippen LogP contribution in [0.5, 0.6) is 0 Å². The SMILES string of the molecule is O=C(NCC(Cc1ccccc1)NCc1ccccc1)c1cccc2occc12. The van der Waals surface area contributed by atoms with E-state index >= 15 is 0 Å². The minimum Gasteiger partial charge on any atom is -0.464 e. The van der Waals surface area contributed by atoms with Crippen molar-refractivity contribution >= 4 is 16.9 Å². The van der Waals surface area contributed by atoms with Crippen molar-refractivity contribution in [1.29, 1.82) is 0 Å². The summed E-state index contributed by atoms with van der Waals surface area (Å²) in [5, 5.41) is 7.52. The smallest absolute Gasteiger partial charge is 0.252 e. The summed E-state index contributed by atoms with van der Waals surface area (Å²) >= 11 is 0. The summed E-state index contributed by atoms with van der Waals surface area (Å²) in [6.07, 6.45) is 2.45. The number of fused-ring (bicyclic) bond motifs is 1. The molecule has 4 aromatic rings. The number of benzene rings is 3. The van der Waals surface area contributed by atoms with Gasteiger partial charge in [-0.25, -0.2) is 0 Å². The normalized spacial score (nSPS) is 12.0. The lowest BCUT2D eigenvalue weighted by Gasteiger charge is -2.20. The van der Waals surface area contributed by atoms with E-state index in [4.69, 9.17) is 4.42 Å². The average Bonchev–Trinajstić information content (AvgIpc) is 3.26. The van der Waals surface area contributed by atoms with Crippen molar-refractivity contribution < 1.29 is 9.21 Å². The van der Waals surface area contributed by atoms with E-state index in [0.717, 1.165) is 23.9 Å². The minimum absolute atomic E-state index is 0.0865. The first-order valence-electron chi connectivity index (χ1n) is 9.85. The van der Waals surface area contributed by atoms with E-state index in [9.17, 15) is 4.79 Å². The topological polar surface area (TPSA) is 54.3 Å². The van der Waals surface area contributed by atoms with Crippen molar-refractivity contribution in [2.45, 2.75) is 19.0 Å². The molecule has 0 fully saturated rings. The fourth-order valence-corrected chi connectivity index (χ4v) is 3.48. The highest BCUT2D eigenvalue weighted by Crippen LogP contribution is 2.19. The zero-order valence-corrected chi connectivity index (χ0v) is 16.2. The molecule has 0 aliphatic heterocycles. The van der Waals surface area contributed by atoms with Gasteiger partial charge in [0.2, 0.25) is 0 Å². The Balaban J connectivity index is 1.44. The van der Waals surface area contributed by atoms with Crippen LogP contribution in [0.2, 0.25) is 0 Å². The molecule has 1 atom stereocenters. The molecule has 4 heteroatoms. The third kappa shape index (κ3) is 4.92. The maximum Gasteiger partial charge on any atom is 0.252 e. The summed E-state index contributed by atoms with van der Waals surface area (Å²) in [6, 6.07) is 28.1. The number of rotatable bonds is 8. The van der Waals surface area contributed by atoms with Gasteiger partial charge in [0.05, 0.1) is 11.8 Å². The predicted octanol–water partition coefficient (Wildman–Crippen LogP) is 4.56. The Bertz CT molecular complexity index is 1060. The van der Waals surface area contributed by atoms with E-state index in [-0.39, 0.29) is 11.9 Å². The van der Waals surface area contributed by atoms with Crippen LogP contribution in [-0.2, 0) is 13.0 Å². The van der Waals surface area contributed by atoms with Crippen LogP contribution in [0.3, 0.4) is 0 Å². The highest BCUT2D eigenvalue weighted by atomic mass is 16.3. The molecule has 0 aliphatic rings. The molecular formula is C25H24N2O2. The molecule has 4 rings (SSSR count). The maximum atomic E-state index is 12.8. The van der Waals surface area contributed by atoms with Crippen molar-refractivity contribution in [3.63, 3.8) is 0 Å². The van der Waals surface area contributed by atoms with Crippen LogP contribution in [0.25, 0.3) is 11.0 Å². The van der Waals surface area contributed by atoms with Gasteiger partial charge in [-0.05, 0) is 35.7 Å². The molecule has 1 amide bonds. The summed E-state index contributed by atoms with van der Waals surface area (Å²) in [5.41, 5.74) is 3.82. The third-order valence-electron chi connectivity index (χ3n) is 5.01. The van der Waals surface area contributed by atoms with Gasteiger partial charge in [-0.1, -0.05) is 66.7 Å². The van der Waals surface area contributed by atoms with Crippen LogP contribution in [0.15, 0.2) is 95.6 Å². The van der Waals surface area contributed by atoms with E-state index in [0.29, 0.717) is 12.1 Å². The van der Waals surface area contributed by atoms with Gasteiger partial charge in [0.25, 0.3) is 5.91 Å². The van der Waals surface area contributed by atoms with Crippen molar-refractivity contribution in [3.05, 3.63) is 108 Å². The van der Waals surface area contributed by atoms with Gasteiger partial charge in [-0.2, -0.15) is 0 Å². The summed E-state index contributed by atoms with van der Waals surface area (Å²) in [6.45, 7) is 1.29. The van der Waals surface area contributed by atoms with E-state index in [1.165, 1.54) is 11.1 Å². The standard InChI is InChI=1S/C25H24N2O2/c28-25(23-12-7-13-24-22(23)14-15-29-24)27-18-21(16-19-8-3-1-4-9-19)26-17-20-10-5-2-6-11-20/h1-15,21,26H,16-18H2,(H,27,28). The second-order valence-electron chi connectivity index (χ2n) is 7.10. The predicted molar refractivity (Wildman–Crippen MR) is 116 cm³/mol. The van der Waals surface area contributed by atoms with E-state index in [2.05, 4.69) is 34.9 Å². The lowest BCUT2D eigenvalue weighted by Crippen LogP contribution is -2.42. The van der Waals surface area contributed by atoms with Crippen molar-refractivity contribution in [3.8, 4) is 0 Å². The molecule has 1 heterocycles.